The molecular formula is C16H20N2. The van der Waals surface area contributed by atoms with Crippen LogP contribution in [-0.4, -0.2) is 7.05 Å². The summed E-state index contributed by atoms with van der Waals surface area (Å²) in [5, 5.41) is 6.60. The molecule has 0 saturated carbocycles. The molecule has 0 bridgehead atoms. The van der Waals surface area contributed by atoms with Crippen molar-refractivity contribution in [2.24, 2.45) is 0 Å². The smallest absolute Gasteiger partial charge is 0.0419 e. The first-order valence-corrected chi connectivity index (χ1v) is 6.34. The van der Waals surface area contributed by atoms with Crippen LogP contribution in [0.3, 0.4) is 0 Å². The second-order valence-electron chi connectivity index (χ2n) is 4.69. The highest BCUT2D eigenvalue weighted by Gasteiger charge is 2.05. The van der Waals surface area contributed by atoms with Crippen molar-refractivity contribution in [3.63, 3.8) is 0 Å². The van der Waals surface area contributed by atoms with Crippen LogP contribution in [0.15, 0.2) is 48.5 Å². The average Bonchev–Trinajstić information content (AvgIpc) is 2.40. The second kappa shape index (κ2) is 5.58. The molecule has 0 aromatic heterocycles. The van der Waals surface area contributed by atoms with E-state index in [0.29, 0.717) is 5.92 Å². The van der Waals surface area contributed by atoms with Gasteiger partial charge in [0.05, 0.1) is 0 Å². The minimum Gasteiger partial charge on any atom is -0.388 e. The van der Waals surface area contributed by atoms with Crippen LogP contribution >= 0.6 is 0 Å². The standard InChI is InChI=1S/C16H20N2/c1-12(2)15-6-4-5-7-16(15)18-14-10-8-13(17-3)9-11-14/h4-12,17-18H,1-3H3. The molecule has 94 valence electrons. The van der Waals surface area contributed by atoms with Crippen molar-refractivity contribution < 1.29 is 0 Å². The Morgan fingerprint density at radius 2 is 1.44 bits per heavy atom. The van der Waals surface area contributed by atoms with E-state index < -0.39 is 0 Å². The Hall–Kier alpha value is -1.96. The van der Waals surface area contributed by atoms with Gasteiger partial charge in [0.1, 0.15) is 0 Å². The molecule has 0 fully saturated rings. The van der Waals surface area contributed by atoms with Gasteiger partial charge >= 0.3 is 0 Å². The third kappa shape index (κ3) is 2.83. The van der Waals surface area contributed by atoms with Crippen LogP contribution in [0.2, 0.25) is 0 Å². The average molecular weight is 240 g/mol. The fourth-order valence-electron chi connectivity index (χ4n) is 1.99. The molecule has 0 saturated heterocycles. The largest absolute Gasteiger partial charge is 0.388 e. The van der Waals surface area contributed by atoms with E-state index in [4.69, 9.17) is 0 Å². The van der Waals surface area contributed by atoms with Gasteiger partial charge in [0.2, 0.25) is 0 Å². The number of nitrogens with one attached hydrogen (secondary N) is 2. The van der Waals surface area contributed by atoms with E-state index in [9.17, 15) is 0 Å². The van der Waals surface area contributed by atoms with E-state index in [1.807, 2.05) is 7.05 Å². The topological polar surface area (TPSA) is 24.1 Å². The Kier molecular flexibility index (Phi) is 3.88. The molecule has 0 unspecified atom stereocenters. The number of rotatable bonds is 4. The number of benzene rings is 2. The molecule has 2 heteroatoms. The zero-order valence-corrected chi connectivity index (χ0v) is 11.2. The molecule has 0 atom stereocenters. The molecule has 0 aliphatic carbocycles. The highest BCUT2D eigenvalue weighted by molar-refractivity contribution is 5.65. The van der Waals surface area contributed by atoms with Crippen LogP contribution in [0, 0.1) is 0 Å². The minimum absolute atomic E-state index is 0.519. The van der Waals surface area contributed by atoms with Crippen LogP contribution in [0.25, 0.3) is 0 Å². The molecule has 0 amide bonds. The molecule has 0 radical (unpaired) electrons. The Labute approximate surface area is 109 Å². The fraction of sp³-hybridized carbons (Fsp3) is 0.250. The molecule has 18 heavy (non-hydrogen) atoms. The summed E-state index contributed by atoms with van der Waals surface area (Å²) >= 11 is 0. The summed E-state index contributed by atoms with van der Waals surface area (Å²) in [5.74, 6) is 0.519. The van der Waals surface area contributed by atoms with E-state index in [-0.39, 0.29) is 0 Å². The lowest BCUT2D eigenvalue weighted by Gasteiger charge is -2.14. The molecule has 2 N–H and O–H groups in total. The number of hydrogen-bond donors (Lipinski definition) is 2. The van der Waals surface area contributed by atoms with Crippen LogP contribution in [0.4, 0.5) is 17.1 Å². The van der Waals surface area contributed by atoms with Crippen molar-refractivity contribution in [1.82, 2.24) is 0 Å². The van der Waals surface area contributed by atoms with Gasteiger partial charge in [-0.3, -0.25) is 0 Å². The maximum absolute atomic E-state index is 3.48. The summed E-state index contributed by atoms with van der Waals surface area (Å²) in [5.41, 5.74) is 4.76. The van der Waals surface area contributed by atoms with Gasteiger partial charge in [-0.05, 0) is 41.8 Å². The van der Waals surface area contributed by atoms with Gasteiger partial charge in [-0.15, -0.1) is 0 Å². The van der Waals surface area contributed by atoms with Gasteiger partial charge in [-0.25, -0.2) is 0 Å². The van der Waals surface area contributed by atoms with Gasteiger partial charge in [0, 0.05) is 24.1 Å². The monoisotopic (exact) mass is 240 g/mol. The molecule has 2 aromatic rings. The third-order valence-electron chi connectivity index (χ3n) is 3.04. The highest BCUT2D eigenvalue weighted by atomic mass is 14.9. The molecular weight excluding hydrogens is 220 g/mol. The van der Waals surface area contributed by atoms with Crippen molar-refractivity contribution in [2.45, 2.75) is 19.8 Å². The lowest BCUT2D eigenvalue weighted by atomic mass is 10.0. The van der Waals surface area contributed by atoms with Crippen molar-refractivity contribution >= 4 is 17.1 Å². The Balaban J connectivity index is 2.22. The van der Waals surface area contributed by atoms with Crippen LogP contribution in [-0.2, 0) is 0 Å². The summed E-state index contributed by atoms with van der Waals surface area (Å²) in [6.07, 6.45) is 0. The van der Waals surface area contributed by atoms with E-state index in [1.54, 1.807) is 0 Å². The SMILES string of the molecule is CNc1ccc(Nc2ccccc2C(C)C)cc1. The molecule has 0 heterocycles. The summed E-state index contributed by atoms with van der Waals surface area (Å²) < 4.78 is 0. The van der Waals surface area contributed by atoms with E-state index in [1.165, 1.54) is 11.3 Å². The number of para-hydroxylation sites is 1. The zero-order valence-electron chi connectivity index (χ0n) is 11.2. The maximum Gasteiger partial charge on any atom is 0.0419 e. The predicted octanol–water partition coefficient (Wildman–Crippen LogP) is 4.60. The molecule has 2 nitrogen and oxygen atoms in total. The second-order valence-corrected chi connectivity index (χ2v) is 4.69. The van der Waals surface area contributed by atoms with E-state index in [0.717, 1.165) is 11.4 Å². The van der Waals surface area contributed by atoms with Gasteiger partial charge in [0.15, 0.2) is 0 Å². The Bertz CT molecular complexity index is 501. The summed E-state index contributed by atoms with van der Waals surface area (Å²) in [7, 11) is 1.93. The first-order valence-electron chi connectivity index (χ1n) is 6.34. The number of hydrogen-bond acceptors (Lipinski definition) is 2. The van der Waals surface area contributed by atoms with Crippen LogP contribution < -0.4 is 10.6 Å². The van der Waals surface area contributed by atoms with Gasteiger partial charge in [-0.2, -0.15) is 0 Å². The van der Waals surface area contributed by atoms with Gasteiger partial charge in [0.25, 0.3) is 0 Å². The fourth-order valence-corrected chi connectivity index (χ4v) is 1.99. The summed E-state index contributed by atoms with van der Waals surface area (Å²) in [6.45, 7) is 4.43. The zero-order chi connectivity index (χ0) is 13.0. The van der Waals surface area contributed by atoms with Gasteiger partial charge in [-0.1, -0.05) is 32.0 Å². The minimum atomic E-state index is 0.519. The van der Waals surface area contributed by atoms with Crippen LogP contribution in [0.1, 0.15) is 25.3 Å². The lowest BCUT2D eigenvalue weighted by molar-refractivity contribution is 0.869. The third-order valence-corrected chi connectivity index (χ3v) is 3.04. The summed E-state index contributed by atoms with van der Waals surface area (Å²) in [6, 6.07) is 16.8. The van der Waals surface area contributed by atoms with Crippen molar-refractivity contribution in [2.75, 3.05) is 17.7 Å². The summed E-state index contributed by atoms with van der Waals surface area (Å²) in [4.78, 5) is 0. The Morgan fingerprint density at radius 3 is 2.06 bits per heavy atom. The molecule has 0 aliphatic heterocycles. The van der Waals surface area contributed by atoms with Crippen molar-refractivity contribution in [1.29, 1.82) is 0 Å². The maximum atomic E-state index is 3.48. The number of anilines is 3. The quantitative estimate of drug-likeness (QED) is 0.816. The Morgan fingerprint density at radius 1 is 0.833 bits per heavy atom. The first-order chi connectivity index (χ1) is 8.70. The lowest BCUT2D eigenvalue weighted by Crippen LogP contribution is -1.97. The predicted molar refractivity (Wildman–Crippen MR) is 79.8 cm³/mol. The highest BCUT2D eigenvalue weighted by Crippen LogP contribution is 2.27. The van der Waals surface area contributed by atoms with E-state index >= 15 is 0 Å². The van der Waals surface area contributed by atoms with E-state index in [2.05, 4.69) is 73.0 Å². The first kappa shape index (κ1) is 12.5. The molecule has 0 spiro atoms. The molecule has 0 aliphatic rings. The molecule has 2 rings (SSSR count). The van der Waals surface area contributed by atoms with Crippen molar-refractivity contribution in [3.8, 4) is 0 Å². The molecule has 2 aromatic carbocycles. The van der Waals surface area contributed by atoms with Crippen LogP contribution in [0.5, 0.6) is 0 Å². The normalized spacial score (nSPS) is 10.4. The van der Waals surface area contributed by atoms with Crippen molar-refractivity contribution in [3.05, 3.63) is 54.1 Å². The van der Waals surface area contributed by atoms with Gasteiger partial charge < -0.3 is 10.6 Å².